The van der Waals surface area contributed by atoms with Crippen LogP contribution in [0.4, 0.5) is 0 Å². The molecule has 0 aliphatic carbocycles. The summed E-state index contributed by atoms with van der Waals surface area (Å²) in [6, 6.07) is 1.43. The van der Waals surface area contributed by atoms with Crippen LogP contribution < -0.4 is 5.32 Å². The van der Waals surface area contributed by atoms with Gasteiger partial charge in [-0.15, -0.1) is 0 Å². The molecule has 0 aromatic heterocycles. The summed E-state index contributed by atoms with van der Waals surface area (Å²) in [5, 5.41) is 3.50. The Kier molecular flexibility index (Phi) is 5.38. The second-order valence-electron chi connectivity index (χ2n) is 6.64. The van der Waals surface area contributed by atoms with Crippen molar-refractivity contribution in [3.63, 3.8) is 0 Å². The Morgan fingerprint density at radius 1 is 1.14 bits per heavy atom. The lowest BCUT2D eigenvalue weighted by Crippen LogP contribution is -2.37. The van der Waals surface area contributed by atoms with Crippen LogP contribution in [0.15, 0.2) is 0 Å². The van der Waals surface area contributed by atoms with Crippen LogP contribution in [-0.2, 0) is 0 Å². The fourth-order valence-electron chi connectivity index (χ4n) is 1.74. The number of hydrogen-bond acceptors (Lipinski definition) is 1. The lowest BCUT2D eigenvalue weighted by atomic mass is 9.82. The largest absolute Gasteiger partial charge is 0.317 e. The lowest BCUT2D eigenvalue weighted by molar-refractivity contribution is 0.252. The SMILES string of the molecule is CCNCC(C[Si](C)(C)C)C(C)(C)C. The number of hydrogen-bond donors (Lipinski definition) is 1. The molecule has 0 radical (unpaired) electrons. The Hall–Kier alpha value is 0.177. The third kappa shape index (κ3) is 6.60. The first kappa shape index (κ1) is 14.2. The predicted octanol–water partition coefficient (Wildman–Crippen LogP) is 3.60. The maximum atomic E-state index is 3.50. The van der Waals surface area contributed by atoms with E-state index in [0.717, 1.165) is 12.5 Å². The minimum absolute atomic E-state index is 0.447. The van der Waals surface area contributed by atoms with Gasteiger partial charge in [0.25, 0.3) is 0 Å². The van der Waals surface area contributed by atoms with Crippen LogP contribution in [0.3, 0.4) is 0 Å². The second-order valence-corrected chi connectivity index (χ2v) is 12.2. The maximum absolute atomic E-state index is 3.50. The molecular formula is C12H29NSi. The van der Waals surface area contributed by atoms with Crippen molar-refractivity contribution in [1.82, 2.24) is 5.32 Å². The van der Waals surface area contributed by atoms with Crippen molar-refractivity contribution in [2.24, 2.45) is 11.3 Å². The van der Waals surface area contributed by atoms with E-state index in [-0.39, 0.29) is 0 Å². The van der Waals surface area contributed by atoms with Crippen molar-refractivity contribution in [2.45, 2.75) is 53.4 Å². The van der Waals surface area contributed by atoms with Crippen LogP contribution in [0, 0.1) is 11.3 Å². The van der Waals surface area contributed by atoms with Gasteiger partial charge in [0.15, 0.2) is 0 Å². The normalized spacial score (nSPS) is 15.6. The van der Waals surface area contributed by atoms with Gasteiger partial charge in [0.2, 0.25) is 0 Å². The van der Waals surface area contributed by atoms with Gasteiger partial charge >= 0.3 is 0 Å². The topological polar surface area (TPSA) is 12.0 Å². The molecule has 0 bridgehead atoms. The Morgan fingerprint density at radius 2 is 1.64 bits per heavy atom. The van der Waals surface area contributed by atoms with Crippen LogP contribution >= 0.6 is 0 Å². The summed E-state index contributed by atoms with van der Waals surface area (Å²) in [7, 11) is -0.920. The standard InChI is InChI=1S/C12H29NSi/c1-8-13-9-11(12(2,3)4)10-14(5,6)7/h11,13H,8-10H2,1-7H3. The summed E-state index contributed by atoms with van der Waals surface area (Å²) in [4.78, 5) is 0. The Balaban J connectivity index is 4.26. The molecule has 0 aromatic rings. The van der Waals surface area contributed by atoms with E-state index in [0.29, 0.717) is 5.41 Å². The van der Waals surface area contributed by atoms with Crippen LogP contribution in [0.2, 0.25) is 25.7 Å². The molecule has 1 unspecified atom stereocenters. The molecule has 86 valence electrons. The summed E-state index contributed by atoms with van der Waals surface area (Å²) in [5.41, 5.74) is 0.447. The first-order chi connectivity index (χ1) is 6.17. The van der Waals surface area contributed by atoms with E-state index in [2.05, 4.69) is 52.7 Å². The van der Waals surface area contributed by atoms with Gasteiger partial charge in [-0.05, 0) is 24.4 Å². The first-order valence-electron chi connectivity index (χ1n) is 5.87. The van der Waals surface area contributed by atoms with Crippen molar-refractivity contribution in [3.8, 4) is 0 Å². The minimum atomic E-state index is -0.920. The fraction of sp³-hybridized carbons (Fsp3) is 1.00. The molecule has 2 heteroatoms. The van der Waals surface area contributed by atoms with Crippen molar-refractivity contribution < 1.29 is 0 Å². The lowest BCUT2D eigenvalue weighted by Gasteiger charge is -2.35. The average molecular weight is 215 g/mol. The Morgan fingerprint density at radius 3 is 1.93 bits per heavy atom. The van der Waals surface area contributed by atoms with Gasteiger partial charge in [0.1, 0.15) is 0 Å². The highest BCUT2D eigenvalue weighted by Crippen LogP contribution is 2.32. The van der Waals surface area contributed by atoms with Crippen molar-refractivity contribution in [1.29, 1.82) is 0 Å². The molecule has 14 heavy (non-hydrogen) atoms. The minimum Gasteiger partial charge on any atom is -0.317 e. The van der Waals surface area contributed by atoms with E-state index < -0.39 is 8.07 Å². The van der Waals surface area contributed by atoms with Crippen molar-refractivity contribution >= 4 is 8.07 Å². The van der Waals surface area contributed by atoms with Crippen LogP contribution in [0.1, 0.15) is 27.7 Å². The molecule has 1 atom stereocenters. The summed E-state index contributed by atoms with van der Waals surface area (Å²) in [6.07, 6.45) is 0. The van der Waals surface area contributed by atoms with Crippen LogP contribution in [-0.4, -0.2) is 21.2 Å². The van der Waals surface area contributed by atoms with E-state index >= 15 is 0 Å². The zero-order valence-electron chi connectivity index (χ0n) is 11.2. The summed E-state index contributed by atoms with van der Waals surface area (Å²) < 4.78 is 0. The van der Waals surface area contributed by atoms with Crippen molar-refractivity contribution in [2.75, 3.05) is 13.1 Å². The van der Waals surface area contributed by atoms with Gasteiger partial charge in [0, 0.05) is 8.07 Å². The highest BCUT2D eigenvalue weighted by Gasteiger charge is 2.29. The Bertz CT molecular complexity index is 153. The van der Waals surface area contributed by atoms with E-state index in [4.69, 9.17) is 0 Å². The van der Waals surface area contributed by atoms with E-state index in [1.165, 1.54) is 12.6 Å². The third-order valence-corrected chi connectivity index (χ3v) is 4.44. The van der Waals surface area contributed by atoms with Gasteiger partial charge in [-0.25, -0.2) is 0 Å². The van der Waals surface area contributed by atoms with Gasteiger partial charge in [0.05, 0.1) is 0 Å². The predicted molar refractivity (Wildman–Crippen MR) is 69.6 cm³/mol. The molecule has 0 saturated carbocycles. The third-order valence-electron chi connectivity index (χ3n) is 2.72. The molecule has 0 saturated heterocycles. The number of nitrogens with one attached hydrogen (secondary N) is 1. The molecule has 0 aliphatic rings. The summed E-state index contributed by atoms with van der Waals surface area (Å²) >= 11 is 0. The average Bonchev–Trinajstić information content (AvgIpc) is 1.93. The Labute approximate surface area is 91.7 Å². The summed E-state index contributed by atoms with van der Waals surface area (Å²) in [6.45, 7) is 19.0. The second kappa shape index (κ2) is 5.31. The molecule has 1 nitrogen and oxygen atoms in total. The molecule has 0 fully saturated rings. The van der Waals surface area contributed by atoms with Gasteiger partial charge in [-0.2, -0.15) is 0 Å². The molecule has 0 aliphatic heterocycles. The van der Waals surface area contributed by atoms with Crippen LogP contribution in [0.25, 0.3) is 0 Å². The van der Waals surface area contributed by atoms with Gasteiger partial charge < -0.3 is 5.32 Å². The van der Waals surface area contributed by atoms with E-state index in [1.807, 2.05) is 0 Å². The fourth-order valence-corrected chi connectivity index (χ4v) is 3.98. The van der Waals surface area contributed by atoms with Crippen molar-refractivity contribution in [3.05, 3.63) is 0 Å². The zero-order chi connectivity index (χ0) is 11.4. The van der Waals surface area contributed by atoms with E-state index in [1.54, 1.807) is 0 Å². The first-order valence-corrected chi connectivity index (χ1v) is 9.58. The highest BCUT2D eigenvalue weighted by molar-refractivity contribution is 6.76. The highest BCUT2D eigenvalue weighted by atomic mass is 28.3. The molecule has 0 spiro atoms. The number of rotatable bonds is 5. The quantitative estimate of drug-likeness (QED) is 0.691. The summed E-state index contributed by atoms with van der Waals surface area (Å²) in [5.74, 6) is 0.828. The zero-order valence-corrected chi connectivity index (χ0v) is 12.2. The molecule has 0 heterocycles. The maximum Gasteiger partial charge on any atom is 0.0446 e. The molecule has 0 amide bonds. The molecule has 1 N–H and O–H groups in total. The van der Waals surface area contributed by atoms with Crippen LogP contribution in [0.5, 0.6) is 0 Å². The van der Waals surface area contributed by atoms with E-state index in [9.17, 15) is 0 Å². The molecule has 0 aromatic carbocycles. The molecular weight excluding hydrogens is 186 g/mol. The smallest absolute Gasteiger partial charge is 0.0446 e. The van der Waals surface area contributed by atoms with Gasteiger partial charge in [-0.3, -0.25) is 0 Å². The molecule has 0 rings (SSSR count). The van der Waals surface area contributed by atoms with Gasteiger partial charge in [-0.1, -0.05) is 53.4 Å². The monoisotopic (exact) mass is 215 g/mol.